The summed E-state index contributed by atoms with van der Waals surface area (Å²) in [6, 6.07) is 0.101. The van der Waals surface area contributed by atoms with Crippen molar-refractivity contribution < 1.29 is 13.2 Å². The minimum Gasteiger partial charge on any atom is -0.381 e. The van der Waals surface area contributed by atoms with Gasteiger partial charge in [-0.1, -0.05) is 12.8 Å². The summed E-state index contributed by atoms with van der Waals surface area (Å²) in [6.45, 7) is 1.36. The molecule has 1 aliphatic carbocycles. The summed E-state index contributed by atoms with van der Waals surface area (Å²) in [5, 5.41) is -0.139. The van der Waals surface area contributed by atoms with Crippen molar-refractivity contribution in [3.63, 3.8) is 0 Å². The van der Waals surface area contributed by atoms with Crippen molar-refractivity contribution in [3.8, 4) is 0 Å². The molecule has 1 N–H and O–H groups in total. The molecule has 0 spiro atoms. The van der Waals surface area contributed by atoms with Crippen LogP contribution < -0.4 is 4.72 Å². The van der Waals surface area contributed by atoms with Crippen molar-refractivity contribution >= 4 is 10.0 Å². The molecule has 88 valence electrons. The summed E-state index contributed by atoms with van der Waals surface area (Å²) in [5.74, 6) is 0. The maximum atomic E-state index is 11.9. The highest BCUT2D eigenvalue weighted by Crippen LogP contribution is 2.24. The van der Waals surface area contributed by atoms with Crippen LogP contribution in [0, 0.1) is 0 Å². The van der Waals surface area contributed by atoms with Crippen molar-refractivity contribution in [3.05, 3.63) is 0 Å². The van der Waals surface area contributed by atoms with E-state index in [1.807, 2.05) is 0 Å². The molecule has 15 heavy (non-hydrogen) atoms. The van der Waals surface area contributed by atoms with Crippen LogP contribution in [0.4, 0.5) is 0 Å². The number of hydrogen-bond donors (Lipinski definition) is 1. The van der Waals surface area contributed by atoms with Gasteiger partial charge in [0.1, 0.15) is 0 Å². The Bertz CT molecular complexity index is 290. The second-order valence-corrected chi connectivity index (χ2v) is 6.45. The Morgan fingerprint density at radius 2 is 1.60 bits per heavy atom. The Labute approximate surface area is 91.4 Å². The Balaban J connectivity index is 1.90. The van der Waals surface area contributed by atoms with Gasteiger partial charge in [0, 0.05) is 19.3 Å². The fraction of sp³-hybridized carbons (Fsp3) is 1.00. The second kappa shape index (κ2) is 4.80. The lowest BCUT2D eigenvalue weighted by Crippen LogP contribution is -2.42. The molecule has 0 aromatic rings. The fourth-order valence-electron chi connectivity index (χ4n) is 2.34. The van der Waals surface area contributed by atoms with E-state index in [4.69, 9.17) is 4.74 Å². The smallest absolute Gasteiger partial charge is 0.214 e. The SMILES string of the molecule is O=S(=O)(NC1CCOCC1)C1CCCC1. The molecule has 2 fully saturated rings. The van der Waals surface area contributed by atoms with Crippen LogP contribution >= 0.6 is 0 Å². The molecule has 0 amide bonds. The second-order valence-electron chi connectivity index (χ2n) is 4.46. The van der Waals surface area contributed by atoms with Crippen LogP contribution in [0.1, 0.15) is 38.5 Å². The zero-order chi connectivity index (χ0) is 10.7. The van der Waals surface area contributed by atoms with Gasteiger partial charge in [-0.25, -0.2) is 13.1 Å². The first-order valence-electron chi connectivity index (χ1n) is 5.77. The van der Waals surface area contributed by atoms with Gasteiger partial charge < -0.3 is 4.74 Å². The summed E-state index contributed by atoms with van der Waals surface area (Å²) >= 11 is 0. The monoisotopic (exact) mass is 233 g/mol. The summed E-state index contributed by atoms with van der Waals surface area (Å²) in [6.07, 6.45) is 5.40. The highest BCUT2D eigenvalue weighted by Gasteiger charge is 2.30. The van der Waals surface area contributed by atoms with Crippen LogP contribution in [0.15, 0.2) is 0 Å². The van der Waals surface area contributed by atoms with Crippen LogP contribution in [0.3, 0.4) is 0 Å². The molecule has 0 aromatic carbocycles. The molecule has 1 saturated heterocycles. The van der Waals surface area contributed by atoms with Gasteiger partial charge in [-0.15, -0.1) is 0 Å². The molecule has 0 radical (unpaired) electrons. The molecule has 0 bridgehead atoms. The highest BCUT2D eigenvalue weighted by atomic mass is 32.2. The van der Waals surface area contributed by atoms with Gasteiger partial charge in [0.25, 0.3) is 0 Å². The predicted molar refractivity (Wildman–Crippen MR) is 58.2 cm³/mol. The van der Waals surface area contributed by atoms with Crippen molar-refractivity contribution in [1.29, 1.82) is 0 Å². The van der Waals surface area contributed by atoms with Gasteiger partial charge in [-0.05, 0) is 25.7 Å². The lowest BCUT2D eigenvalue weighted by molar-refractivity contribution is 0.0831. The van der Waals surface area contributed by atoms with Gasteiger partial charge >= 0.3 is 0 Å². The molecule has 1 aliphatic heterocycles. The molecule has 4 nitrogen and oxygen atoms in total. The number of sulfonamides is 1. The standard InChI is InChI=1S/C10H19NO3S/c12-15(13,10-3-1-2-4-10)11-9-5-7-14-8-6-9/h9-11H,1-8H2. The number of hydrogen-bond acceptors (Lipinski definition) is 3. The van der Waals surface area contributed by atoms with Crippen molar-refractivity contribution in [2.75, 3.05) is 13.2 Å². The number of rotatable bonds is 3. The first kappa shape index (κ1) is 11.4. The molecular weight excluding hydrogens is 214 g/mol. The normalized spacial score (nSPS) is 25.9. The van der Waals surface area contributed by atoms with Gasteiger partial charge in [0.15, 0.2) is 0 Å². The first-order valence-corrected chi connectivity index (χ1v) is 7.32. The zero-order valence-corrected chi connectivity index (χ0v) is 9.76. The van der Waals surface area contributed by atoms with E-state index in [0.29, 0.717) is 13.2 Å². The molecule has 1 heterocycles. The van der Waals surface area contributed by atoms with E-state index in [9.17, 15) is 8.42 Å². The Hall–Kier alpha value is -0.130. The summed E-state index contributed by atoms with van der Waals surface area (Å²) in [5.41, 5.74) is 0. The minimum absolute atomic E-state index is 0.101. The molecule has 5 heteroatoms. The van der Waals surface area contributed by atoms with E-state index in [1.165, 1.54) is 0 Å². The van der Waals surface area contributed by atoms with E-state index >= 15 is 0 Å². The van der Waals surface area contributed by atoms with Gasteiger partial charge in [0.2, 0.25) is 10.0 Å². The summed E-state index contributed by atoms with van der Waals surface area (Å²) < 4.78 is 31.9. The van der Waals surface area contributed by atoms with E-state index in [0.717, 1.165) is 38.5 Å². The average molecular weight is 233 g/mol. The van der Waals surface area contributed by atoms with Crippen LogP contribution in [0.5, 0.6) is 0 Å². The third kappa shape index (κ3) is 2.92. The van der Waals surface area contributed by atoms with Crippen molar-refractivity contribution in [1.82, 2.24) is 4.72 Å². The topological polar surface area (TPSA) is 55.4 Å². The molecule has 0 unspecified atom stereocenters. The Morgan fingerprint density at radius 1 is 1.00 bits per heavy atom. The molecule has 0 atom stereocenters. The fourth-order valence-corrected chi connectivity index (χ4v) is 4.19. The van der Waals surface area contributed by atoms with Crippen LogP contribution in [-0.4, -0.2) is 32.9 Å². The van der Waals surface area contributed by atoms with Gasteiger partial charge in [-0.3, -0.25) is 0 Å². The Morgan fingerprint density at radius 3 is 2.20 bits per heavy atom. The minimum atomic E-state index is -3.07. The van der Waals surface area contributed by atoms with E-state index in [1.54, 1.807) is 0 Å². The maximum absolute atomic E-state index is 11.9. The first-order chi connectivity index (χ1) is 7.18. The molecule has 0 aromatic heterocycles. The van der Waals surface area contributed by atoms with Crippen LogP contribution in [-0.2, 0) is 14.8 Å². The van der Waals surface area contributed by atoms with Gasteiger partial charge in [-0.2, -0.15) is 0 Å². The quantitative estimate of drug-likeness (QED) is 0.792. The molecule has 2 aliphatic rings. The maximum Gasteiger partial charge on any atom is 0.214 e. The lowest BCUT2D eigenvalue weighted by atomic mass is 10.1. The Kier molecular flexibility index (Phi) is 3.64. The van der Waals surface area contributed by atoms with E-state index < -0.39 is 10.0 Å². The third-order valence-corrected chi connectivity index (χ3v) is 5.30. The third-order valence-electron chi connectivity index (χ3n) is 3.29. The van der Waals surface area contributed by atoms with Gasteiger partial charge in [0.05, 0.1) is 5.25 Å². The zero-order valence-electron chi connectivity index (χ0n) is 8.94. The van der Waals surface area contributed by atoms with E-state index in [2.05, 4.69) is 4.72 Å². The van der Waals surface area contributed by atoms with Crippen LogP contribution in [0.25, 0.3) is 0 Å². The summed E-state index contributed by atoms with van der Waals surface area (Å²) in [4.78, 5) is 0. The number of nitrogens with one attached hydrogen (secondary N) is 1. The molecule has 2 rings (SSSR count). The highest BCUT2D eigenvalue weighted by molar-refractivity contribution is 7.90. The summed E-state index contributed by atoms with van der Waals surface area (Å²) in [7, 11) is -3.07. The van der Waals surface area contributed by atoms with E-state index in [-0.39, 0.29) is 11.3 Å². The van der Waals surface area contributed by atoms with Crippen LogP contribution in [0.2, 0.25) is 0 Å². The predicted octanol–water partition coefficient (Wildman–Crippen LogP) is 1.03. The van der Waals surface area contributed by atoms with Crippen molar-refractivity contribution in [2.24, 2.45) is 0 Å². The van der Waals surface area contributed by atoms with Crippen molar-refractivity contribution in [2.45, 2.75) is 49.8 Å². The number of ether oxygens (including phenoxy) is 1. The average Bonchev–Trinajstić information content (AvgIpc) is 2.71. The molecular formula is C10H19NO3S. The molecule has 1 saturated carbocycles. The lowest BCUT2D eigenvalue weighted by Gasteiger charge is -2.24. The largest absolute Gasteiger partial charge is 0.381 e.